The molecule has 2 heterocycles. The molecule has 3 nitrogen and oxygen atoms in total. The van der Waals surface area contributed by atoms with Gasteiger partial charge in [-0.15, -0.1) is 11.3 Å². The second-order valence-electron chi connectivity index (χ2n) is 3.30. The Morgan fingerprint density at radius 3 is 3.06 bits per heavy atom. The Hall–Kier alpha value is -1.39. The van der Waals surface area contributed by atoms with Gasteiger partial charge in [0, 0.05) is 23.2 Å². The fourth-order valence-electron chi connectivity index (χ4n) is 1.57. The van der Waals surface area contributed by atoms with Crippen molar-refractivity contribution in [1.82, 2.24) is 4.98 Å². The van der Waals surface area contributed by atoms with E-state index in [2.05, 4.69) is 11.1 Å². The molecule has 2 rings (SSSR count). The molecule has 0 saturated carbocycles. The van der Waals surface area contributed by atoms with Gasteiger partial charge in [0.05, 0.1) is 12.8 Å². The van der Waals surface area contributed by atoms with Crippen molar-refractivity contribution in [2.45, 2.75) is 13.5 Å². The summed E-state index contributed by atoms with van der Waals surface area (Å²) in [7, 11) is 0. The quantitative estimate of drug-likeness (QED) is 0.884. The van der Waals surface area contributed by atoms with Gasteiger partial charge in [-0.2, -0.15) is 0 Å². The normalized spacial score (nSPS) is 10.4. The first-order valence-corrected chi connectivity index (χ1v) is 6.07. The minimum Gasteiger partial charge on any atom is -0.492 e. The van der Waals surface area contributed by atoms with Crippen LogP contribution in [-0.2, 0) is 6.54 Å². The molecule has 4 heteroatoms. The highest BCUT2D eigenvalue weighted by Crippen LogP contribution is 2.29. The second-order valence-corrected chi connectivity index (χ2v) is 4.30. The fraction of sp³-hybridized carbons (Fsp3) is 0.250. The van der Waals surface area contributed by atoms with Crippen LogP contribution in [0.5, 0.6) is 5.75 Å². The third-order valence-corrected chi connectivity index (χ3v) is 3.21. The summed E-state index contributed by atoms with van der Waals surface area (Å²) in [5, 5.41) is 2.05. The van der Waals surface area contributed by atoms with Crippen LogP contribution in [0, 0.1) is 0 Å². The van der Waals surface area contributed by atoms with E-state index in [1.54, 1.807) is 17.5 Å². The van der Waals surface area contributed by atoms with Gasteiger partial charge >= 0.3 is 0 Å². The van der Waals surface area contributed by atoms with E-state index >= 15 is 0 Å². The summed E-state index contributed by atoms with van der Waals surface area (Å²) in [4.78, 5) is 5.35. The number of nitrogens with zero attached hydrogens (tertiary/aromatic N) is 1. The number of hydrogen-bond donors (Lipinski definition) is 1. The molecule has 0 aliphatic heterocycles. The van der Waals surface area contributed by atoms with Crippen molar-refractivity contribution < 1.29 is 4.74 Å². The van der Waals surface area contributed by atoms with E-state index in [0.29, 0.717) is 13.2 Å². The van der Waals surface area contributed by atoms with Crippen LogP contribution >= 0.6 is 11.3 Å². The molecule has 0 fully saturated rings. The van der Waals surface area contributed by atoms with E-state index < -0.39 is 0 Å². The Balaban J connectivity index is 2.36. The Bertz CT molecular complexity index is 468. The summed E-state index contributed by atoms with van der Waals surface area (Å²) in [5.74, 6) is 0.800. The van der Waals surface area contributed by atoms with Crippen molar-refractivity contribution >= 4 is 11.3 Å². The van der Waals surface area contributed by atoms with Crippen LogP contribution in [-0.4, -0.2) is 11.6 Å². The van der Waals surface area contributed by atoms with Crippen molar-refractivity contribution in [2.75, 3.05) is 6.61 Å². The molecule has 2 aromatic heterocycles. The third-order valence-electron chi connectivity index (χ3n) is 2.27. The first kappa shape index (κ1) is 11.1. The molecule has 0 saturated heterocycles. The molecule has 0 aliphatic carbocycles. The van der Waals surface area contributed by atoms with E-state index in [1.807, 2.05) is 24.6 Å². The van der Waals surface area contributed by atoms with Crippen molar-refractivity contribution in [3.8, 4) is 16.9 Å². The third kappa shape index (κ3) is 2.23. The molecule has 84 valence electrons. The summed E-state index contributed by atoms with van der Waals surface area (Å²) < 4.78 is 5.43. The van der Waals surface area contributed by atoms with Crippen LogP contribution in [0.25, 0.3) is 11.1 Å². The first-order chi connectivity index (χ1) is 7.85. The van der Waals surface area contributed by atoms with Crippen LogP contribution in [0.1, 0.15) is 11.8 Å². The van der Waals surface area contributed by atoms with Gasteiger partial charge in [0.2, 0.25) is 0 Å². The lowest BCUT2D eigenvalue weighted by molar-refractivity contribution is 0.339. The maximum absolute atomic E-state index is 5.69. The predicted octanol–water partition coefficient (Wildman–Crippen LogP) is 2.67. The molecule has 0 aliphatic rings. The molecule has 0 atom stereocenters. The zero-order valence-electron chi connectivity index (χ0n) is 9.14. The molecule has 0 spiro atoms. The maximum Gasteiger partial charge on any atom is 0.138 e. The standard InChI is InChI=1S/C12H14N2OS/c1-2-15-10-5-9(7-14-8-10)11-3-4-16-12(11)6-13/h3-5,7-8H,2,6,13H2,1H3. The second kappa shape index (κ2) is 5.09. The highest BCUT2D eigenvalue weighted by Gasteiger charge is 2.06. The van der Waals surface area contributed by atoms with Crippen LogP contribution in [0.15, 0.2) is 29.9 Å². The SMILES string of the molecule is CCOc1cncc(-c2ccsc2CN)c1. The molecular weight excluding hydrogens is 220 g/mol. The lowest BCUT2D eigenvalue weighted by Gasteiger charge is -2.05. The van der Waals surface area contributed by atoms with Gasteiger partial charge in [-0.1, -0.05) is 0 Å². The summed E-state index contributed by atoms with van der Waals surface area (Å²) in [6, 6.07) is 4.07. The Kier molecular flexibility index (Phi) is 3.54. The Morgan fingerprint density at radius 2 is 2.31 bits per heavy atom. The monoisotopic (exact) mass is 234 g/mol. The average Bonchev–Trinajstić information content (AvgIpc) is 2.78. The lowest BCUT2D eigenvalue weighted by Crippen LogP contribution is -1.96. The van der Waals surface area contributed by atoms with E-state index in [0.717, 1.165) is 16.9 Å². The van der Waals surface area contributed by atoms with E-state index in [1.165, 1.54) is 4.88 Å². The number of rotatable bonds is 4. The molecule has 2 aromatic rings. The zero-order valence-corrected chi connectivity index (χ0v) is 9.96. The molecular formula is C12H14N2OS. The number of aromatic nitrogens is 1. The highest BCUT2D eigenvalue weighted by molar-refractivity contribution is 7.10. The van der Waals surface area contributed by atoms with Gasteiger partial charge in [0.1, 0.15) is 5.75 Å². The number of nitrogens with two attached hydrogens (primary N) is 1. The summed E-state index contributed by atoms with van der Waals surface area (Å²) in [6.45, 7) is 3.17. The van der Waals surface area contributed by atoms with Crippen LogP contribution in [0.3, 0.4) is 0 Å². The van der Waals surface area contributed by atoms with Gasteiger partial charge in [0.25, 0.3) is 0 Å². The van der Waals surface area contributed by atoms with Crippen molar-refractivity contribution in [3.63, 3.8) is 0 Å². The van der Waals surface area contributed by atoms with Gasteiger partial charge < -0.3 is 10.5 Å². The Morgan fingerprint density at radius 1 is 1.44 bits per heavy atom. The summed E-state index contributed by atoms with van der Waals surface area (Å²) >= 11 is 1.67. The fourth-order valence-corrected chi connectivity index (χ4v) is 2.35. The highest BCUT2D eigenvalue weighted by atomic mass is 32.1. The minimum atomic E-state index is 0.561. The molecule has 16 heavy (non-hydrogen) atoms. The molecule has 0 unspecified atom stereocenters. The minimum absolute atomic E-state index is 0.561. The van der Waals surface area contributed by atoms with Crippen molar-refractivity contribution in [2.24, 2.45) is 5.73 Å². The lowest BCUT2D eigenvalue weighted by atomic mass is 10.1. The van der Waals surface area contributed by atoms with E-state index in [9.17, 15) is 0 Å². The van der Waals surface area contributed by atoms with Crippen molar-refractivity contribution in [3.05, 3.63) is 34.8 Å². The topological polar surface area (TPSA) is 48.1 Å². The van der Waals surface area contributed by atoms with Gasteiger partial charge in [-0.3, -0.25) is 4.98 Å². The average molecular weight is 234 g/mol. The first-order valence-electron chi connectivity index (χ1n) is 5.19. The summed E-state index contributed by atoms with van der Waals surface area (Å²) in [6.07, 6.45) is 3.56. The van der Waals surface area contributed by atoms with Gasteiger partial charge in [-0.25, -0.2) is 0 Å². The van der Waals surface area contributed by atoms with Crippen LogP contribution < -0.4 is 10.5 Å². The smallest absolute Gasteiger partial charge is 0.138 e. The summed E-state index contributed by atoms with van der Waals surface area (Å²) in [5.41, 5.74) is 7.90. The Labute approximate surface area is 98.9 Å². The predicted molar refractivity (Wildman–Crippen MR) is 66.6 cm³/mol. The van der Waals surface area contributed by atoms with Crippen molar-refractivity contribution in [1.29, 1.82) is 0 Å². The molecule has 2 N–H and O–H groups in total. The van der Waals surface area contributed by atoms with Crippen LogP contribution in [0.4, 0.5) is 0 Å². The van der Waals surface area contributed by atoms with E-state index in [-0.39, 0.29) is 0 Å². The molecule has 0 amide bonds. The zero-order chi connectivity index (χ0) is 11.4. The van der Waals surface area contributed by atoms with Gasteiger partial charge in [-0.05, 0) is 30.0 Å². The van der Waals surface area contributed by atoms with Crippen LogP contribution in [0.2, 0.25) is 0 Å². The number of hydrogen-bond acceptors (Lipinski definition) is 4. The van der Waals surface area contributed by atoms with E-state index in [4.69, 9.17) is 10.5 Å². The number of pyridine rings is 1. The number of ether oxygens (including phenoxy) is 1. The number of thiophene rings is 1. The van der Waals surface area contributed by atoms with Gasteiger partial charge in [0.15, 0.2) is 0 Å². The molecule has 0 radical (unpaired) electrons. The molecule has 0 bridgehead atoms. The largest absolute Gasteiger partial charge is 0.492 e. The molecule has 0 aromatic carbocycles. The maximum atomic E-state index is 5.69.